The SMILES string of the molecule is NS(=O)(=O)c1ccc2ccc3c(S(N)(=O)=O)c(O)c(S(N)(=O)=O)c4ccc1c2c34. The van der Waals surface area contributed by atoms with Gasteiger partial charge in [0, 0.05) is 21.5 Å². The average Bonchev–Trinajstić information content (AvgIpc) is 2.55. The summed E-state index contributed by atoms with van der Waals surface area (Å²) < 4.78 is 72.7. The van der Waals surface area contributed by atoms with Gasteiger partial charge in [0.1, 0.15) is 9.79 Å². The van der Waals surface area contributed by atoms with Crippen LogP contribution in [0.5, 0.6) is 5.75 Å². The molecule has 10 nitrogen and oxygen atoms in total. The molecule has 4 aromatic rings. The summed E-state index contributed by atoms with van der Waals surface area (Å²) in [5.41, 5.74) is 0. The minimum Gasteiger partial charge on any atom is -0.505 e. The Kier molecular flexibility index (Phi) is 3.91. The van der Waals surface area contributed by atoms with E-state index < -0.39 is 45.6 Å². The second-order valence-corrected chi connectivity index (χ2v) is 11.0. The van der Waals surface area contributed by atoms with Gasteiger partial charge < -0.3 is 5.11 Å². The first-order valence-corrected chi connectivity index (χ1v) is 12.4. The molecule has 0 radical (unpaired) electrons. The van der Waals surface area contributed by atoms with Gasteiger partial charge in [-0.2, -0.15) is 0 Å². The van der Waals surface area contributed by atoms with Crippen LogP contribution in [0.2, 0.25) is 0 Å². The van der Waals surface area contributed by atoms with Crippen LogP contribution in [-0.4, -0.2) is 30.4 Å². The molecule has 0 heterocycles. The number of phenols is 1. The number of phenolic OH excluding ortho intramolecular Hbond substituents is 1. The molecule has 0 aromatic heterocycles. The van der Waals surface area contributed by atoms with Crippen molar-refractivity contribution in [2.75, 3.05) is 0 Å². The highest BCUT2D eigenvalue weighted by molar-refractivity contribution is 7.90. The van der Waals surface area contributed by atoms with E-state index in [1.54, 1.807) is 0 Å². The molecular weight excluding hydrogens is 442 g/mol. The molecule has 0 aliphatic carbocycles. The highest BCUT2D eigenvalue weighted by atomic mass is 32.2. The fourth-order valence-electron chi connectivity index (χ4n) is 3.68. The lowest BCUT2D eigenvalue weighted by Gasteiger charge is -2.18. The molecular formula is C16H13N3O7S3. The van der Waals surface area contributed by atoms with Gasteiger partial charge in [0.15, 0.2) is 5.75 Å². The lowest BCUT2D eigenvalue weighted by molar-refractivity contribution is 0.446. The normalized spacial score (nSPS) is 13.6. The van der Waals surface area contributed by atoms with E-state index in [0.717, 1.165) is 0 Å². The maximum Gasteiger partial charge on any atom is 0.242 e. The van der Waals surface area contributed by atoms with Crippen molar-refractivity contribution in [3.05, 3.63) is 36.4 Å². The first-order valence-electron chi connectivity index (χ1n) is 7.78. The molecule has 0 unspecified atom stereocenters. The van der Waals surface area contributed by atoms with E-state index in [1.165, 1.54) is 36.4 Å². The second kappa shape index (κ2) is 5.75. The van der Waals surface area contributed by atoms with Gasteiger partial charge in [-0.1, -0.05) is 30.3 Å². The molecule has 152 valence electrons. The third kappa shape index (κ3) is 2.82. The van der Waals surface area contributed by atoms with Crippen molar-refractivity contribution in [2.45, 2.75) is 14.7 Å². The minimum atomic E-state index is -4.59. The zero-order chi connectivity index (χ0) is 21.5. The number of aromatic hydroxyl groups is 1. The van der Waals surface area contributed by atoms with Crippen LogP contribution in [0, 0.1) is 0 Å². The predicted octanol–water partition coefficient (Wildman–Crippen LogP) is 0.232. The Bertz CT molecular complexity index is 1620. The summed E-state index contributed by atoms with van der Waals surface area (Å²) in [5, 5.41) is 27.0. The first-order chi connectivity index (χ1) is 13.2. The molecule has 13 heteroatoms. The molecule has 0 aliphatic rings. The van der Waals surface area contributed by atoms with Crippen molar-refractivity contribution in [2.24, 2.45) is 15.4 Å². The maximum atomic E-state index is 12.2. The van der Waals surface area contributed by atoms with Gasteiger partial charge in [0.2, 0.25) is 30.1 Å². The zero-order valence-corrected chi connectivity index (χ0v) is 16.8. The number of rotatable bonds is 3. The first kappa shape index (κ1) is 19.8. The standard InChI is InChI=1S/C16H13N3O7S3/c17-27(21,22)11-6-2-7-1-3-9-13-10(5-4-8(11)12(7)13)16(29(19,25)26)14(20)15(9)28(18,23)24/h1-6,20H,(H2,17,21,22)(H2,18,23,24)(H2,19,25,26). The lowest BCUT2D eigenvalue weighted by atomic mass is 9.94. The van der Waals surface area contributed by atoms with E-state index in [-0.39, 0.29) is 31.8 Å². The Morgan fingerprint density at radius 3 is 1.52 bits per heavy atom. The highest BCUT2D eigenvalue weighted by Gasteiger charge is 2.30. The number of primary sulfonamides is 3. The van der Waals surface area contributed by atoms with Gasteiger partial charge in [-0.3, -0.25) is 0 Å². The van der Waals surface area contributed by atoms with E-state index in [9.17, 15) is 30.4 Å². The van der Waals surface area contributed by atoms with Crippen molar-refractivity contribution >= 4 is 62.4 Å². The Balaban J connectivity index is 2.48. The summed E-state index contributed by atoms with van der Waals surface area (Å²) in [5.74, 6) is -1.10. The summed E-state index contributed by atoms with van der Waals surface area (Å²) in [7, 11) is -13.3. The molecule has 0 spiro atoms. The van der Waals surface area contributed by atoms with Crippen molar-refractivity contribution in [1.82, 2.24) is 0 Å². The molecule has 29 heavy (non-hydrogen) atoms. The number of hydrogen-bond acceptors (Lipinski definition) is 7. The topological polar surface area (TPSA) is 201 Å². The van der Waals surface area contributed by atoms with Gasteiger partial charge in [-0.25, -0.2) is 40.7 Å². The molecule has 0 atom stereocenters. The Morgan fingerprint density at radius 1 is 0.586 bits per heavy atom. The molecule has 0 fully saturated rings. The Hall–Kier alpha value is -2.55. The summed E-state index contributed by atoms with van der Waals surface area (Å²) in [6, 6.07) is 8.10. The molecule has 0 saturated carbocycles. The van der Waals surface area contributed by atoms with Crippen LogP contribution in [0.1, 0.15) is 0 Å². The van der Waals surface area contributed by atoms with Gasteiger partial charge in [-0.05, 0) is 16.8 Å². The zero-order valence-electron chi connectivity index (χ0n) is 14.3. The largest absolute Gasteiger partial charge is 0.505 e. The van der Waals surface area contributed by atoms with Gasteiger partial charge in [0.05, 0.1) is 4.90 Å². The molecule has 0 amide bonds. The van der Waals surface area contributed by atoms with E-state index in [0.29, 0.717) is 5.39 Å². The summed E-state index contributed by atoms with van der Waals surface area (Å²) in [6.45, 7) is 0. The van der Waals surface area contributed by atoms with E-state index in [1.807, 2.05) is 0 Å². The predicted molar refractivity (Wildman–Crippen MR) is 106 cm³/mol. The molecule has 0 bridgehead atoms. The quantitative estimate of drug-likeness (QED) is 0.316. The summed E-state index contributed by atoms with van der Waals surface area (Å²) >= 11 is 0. The van der Waals surface area contributed by atoms with Crippen LogP contribution in [0.3, 0.4) is 0 Å². The third-order valence-corrected chi connectivity index (χ3v) is 7.60. The number of nitrogens with two attached hydrogens (primary N) is 3. The van der Waals surface area contributed by atoms with Crippen LogP contribution in [0.4, 0.5) is 0 Å². The van der Waals surface area contributed by atoms with Crippen LogP contribution in [-0.2, 0) is 30.1 Å². The van der Waals surface area contributed by atoms with Gasteiger partial charge in [0.25, 0.3) is 0 Å². The van der Waals surface area contributed by atoms with E-state index >= 15 is 0 Å². The van der Waals surface area contributed by atoms with Crippen LogP contribution in [0.15, 0.2) is 51.1 Å². The van der Waals surface area contributed by atoms with E-state index in [4.69, 9.17) is 15.4 Å². The summed E-state index contributed by atoms with van der Waals surface area (Å²) in [4.78, 5) is -1.89. The van der Waals surface area contributed by atoms with Crippen molar-refractivity contribution in [3.8, 4) is 5.75 Å². The second-order valence-electron chi connectivity index (χ2n) is 6.45. The van der Waals surface area contributed by atoms with Crippen molar-refractivity contribution < 1.29 is 30.4 Å². The minimum absolute atomic E-state index is 0.0661. The Morgan fingerprint density at radius 2 is 1.03 bits per heavy atom. The molecule has 0 saturated heterocycles. The van der Waals surface area contributed by atoms with E-state index in [2.05, 4.69) is 0 Å². The fraction of sp³-hybridized carbons (Fsp3) is 0. The van der Waals surface area contributed by atoms with Crippen molar-refractivity contribution in [3.63, 3.8) is 0 Å². The van der Waals surface area contributed by atoms with Crippen LogP contribution < -0.4 is 15.4 Å². The van der Waals surface area contributed by atoms with Gasteiger partial charge >= 0.3 is 0 Å². The number of benzene rings is 4. The number of sulfonamides is 3. The maximum absolute atomic E-state index is 12.2. The molecule has 0 aliphatic heterocycles. The molecule has 7 N–H and O–H groups in total. The Labute approximate surface area is 165 Å². The fourth-order valence-corrected chi connectivity index (χ4v) is 6.18. The smallest absolute Gasteiger partial charge is 0.242 e. The van der Waals surface area contributed by atoms with Crippen LogP contribution >= 0.6 is 0 Å². The number of hydrogen-bond donors (Lipinski definition) is 4. The third-order valence-electron chi connectivity index (χ3n) is 4.67. The summed E-state index contributed by atoms with van der Waals surface area (Å²) in [6.07, 6.45) is 0. The average molecular weight is 455 g/mol. The molecule has 4 rings (SSSR count). The molecule has 4 aromatic carbocycles. The lowest BCUT2D eigenvalue weighted by Crippen LogP contribution is -2.18. The van der Waals surface area contributed by atoms with Crippen LogP contribution in [0.25, 0.3) is 32.3 Å². The highest BCUT2D eigenvalue weighted by Crippen LogP contribution is 2.46. The van der Waals surface area contributed by atoms with Crippen molar-refractivity contribution in [1.29, 1.82) is 0 Å². The van der Waals surface area contributed by atoms with Gasteiger partial charge in [-0.15, -0.1) is 0 Å². The monoisotopic (exact) mass is 455 g/mol.